The van der Waals surface area contributed by atoms with Gasteiger partial charge in [0.1, 0.15) is 42.8 Å². The zero-order valence-electron chi connectivity index (χ0n) is 29.4. The molecule has 0 spiro atoms. The number of ether oxygens (including phenoxy) is 3. The Labute approximate surface area is 304 Å². The van der Waals surface area contributed by atoms with Crippen molar-refractivity contribution in [2.45, 2.75) is 69.2 Å². The number of nitrogens with one attached hydrogen (secondary N) is 1. The summed E-state index contributed by atoms with van der Waals surface area (Å²) in [6.45, 7) is 6.22. The average Bonchev–Trinajstić information content (AvgIpc) is 3.58. The number of aromatic nitrogens is 3. The van der Waals surface area contributed by atoms with Gasteiger partial charge < -0.3 is 60.4 Å². The SMILES string of the molecule is C=CC(=O)N1C[C@H](Nc2ncnc3c2ccn3C(=O)N(C)CCN(C)C(=O)OCc2ccc(O[C@@H]3O[C@H](C(=O)O)[C@@H](O)[C@H](O)[C@H]3O)c(N)c2)CC[C@@H]1C. The molecule has 2 aliphatic heterocycles. The maximum atomic E-state index is 13.4. The monoisotopic (exact) mass is 740 g/mol. The van der Waals surface area contributed by atoms with Crippen molar-refractivity contribution in [2.75, 3.05) is 44.8 Å². The number of aliphatic hydroxyl groups is 3. The molecule has 0 unspecified atom stereocenters. The number of carbonyl (C=O) groups is 4. The minimum absolute atomic E-state index is 0.0109. The third kappa shape index (κ3) is 8.60. The van der Waals surface area contributed by atoms with Crippen LogP contribution in [0.1, 0.15) is 25.3 Å². The van der Waals surface area contributed by atoms with E-state index < -0.39 is 42.8 Å². The molecule has 2 aliphatic rings. The second-order valence-corrected chi connectivity index (χ2v) is 13.0. The van der Waals surface area contributed by atoms with E-state index in [-0.39, 0.29) is 55.2 Å². The minimum Gasteiger partial charge on any atom is -0.479 e. The predicted molar refractivity (Wildman–Crippen MR) is 188 cm³/mol. The van der Waals surface area contributed by atoms with E-state index in [4.69, 9.17) is 19.9 Å². The largest absolute Gasteiger partial charge is 0.479 e. The Morgan fingerprint density at radius 3 is 2.51 bits per heavy atom. The molecular formula is C34H44N8O11. The number of nitrogens with zero attached hydrogens (tertiary/aromatic N) is 6. The van der Waals surface area contributed by atoms with Crippen molar-refractivity contribution in [3.8, 4) is 5.75 Å². The van der Waals surface area contributed by atoms with Gasteiger partial charge in [0.15, 0.2) is 11.8 Å². The molecule has 2 fully saturated rings. The number of hydrogen-bond donors (Lipinski definition) is 6. The summed E-state index contributed by atoms with van der Waals surface area (Å²) in [6, 6.07) is 5.76. The molecule has 3 aromatic rings. The highest BCUT2D eigenvalue weighted by molar-refractivity contribution is 5.94. The van der Waals surface area contributed by atoms with Crippen molar-refractivity contribution < 1.29 is 53.8 Å². The van der Waals surface area contributed by atoms with E-state index in [0.717, 1.165) is 12.8 Å². The topological polar surface area (TPSA) is 255 Å². The Kier molecular flexibility index (Phi) is 12.0. The molecule has 0 saturated carbocycles. The summed E-state index contributed by atoms with van der Waals surface area (Å²) >= 11 is 0. The van der Waals surface area contributed by atoms with Gasteiger partial charge in [0.05, 0.1) is 11.1 Å². The Morgan fingerprint density at radius 2 is 1.81 bits per heavy atom. The summed E-state index contributed by atoms with van der Waals surface area (Å²) in [4.78, 5) is 63.0. The third-order valence-electron chi connectivity index (χ3n) is 9.27. The molecular weight excluding hydrogens is 696 g/mol. The first-order valence-corrected chi connectivity index (χ1v) is 16.8. The van der Waals surface area contributed by atoms with Crippen LogP contribution in [0.25, 0.3) is 11.0 Å². The molecule has 53 heavy (non-hydrogen) atoms. The van der Waals surface area contributed by atoms with E-state index in [1.165, 1.54) is 52.0 Å². The van der Waals surface area contributed by atoms with E-state index >= 15 is 0 Å². The lowest BCUT2D eigenvalue weighted by molar-refractivity contribution is -0.271. The maximum Gasteiger partial charge on any atom is 0.409 e. The smallest absolute Gasteiger partial charge is 0.409 e. The summed E-state index contributed by atoms with van der Waals surface area (Å²) in [5.74, 6) is -1.14. The number of likely N-dealkylation sites (N-methyl/N-ethyl adjacent to an activating group) is 2. The normalized spacial score (nSPS) is 24.3. The quantitative estimate of drug-likeness (QED) is 0.115. The number of aliphatic carboxylic acids is 1. The number of rotatable bonds is 11. The Balaban J connectivity index is 1.12. The highest BCUT2D eigenvalue weighted by Crippen LogP contribution is 2.29. The lowest BCUT2D eigenvalue weighted by atomic mass is 9.99. The van der Waals surface area contributed by atoms with Crippen LogP contribution in [0.3, 0.4) is 0 Å². The Morgan fingerprint density at radius 1 is 1.08 bits per heavy atom. The summed E-state index contributed by atoms with van der Waals surface area (Å²) < 4.78 is 17.4. The fourth-order valence-electron chi connectivity index (χ4n) is 6.06. The van der Waals surface area contributed by atoms with Gasteiger partial charge in [-0.15, -0.1) is 0 Å². The molecule has 0 aliphatic carbocycles. The molecule has 3 amide bonds. The van der Waals surface area contributed by atoms with Crippen LogP contribution in [-0.4, -0.2) is 150 Å². The summed E-state index contributed by atoms with van der Waals surface area (Å²) in [6.07, 6.45) is -3.70. The molecule has 5 rings (SSSR count). The van der Waals surface area contributed by atoms with Gasteiger partial charge >= 0.3 is 18.1 Å². The second-order valence-electron chi connectivity index (χ2n) is 13.0. The first kappa shape index (κ1) is 38.7. The van der Waals surface area contributed by atoms with Gasteiger partial charge in [0, 0.05) is 52.0 Å². The predicted octanol–water partition coefficient (Wildman–Crippen LogP) is 0.430. The number of carboxylic acids is 1. The molecule has 19 heteroatoms. The number of benzene rings is 1. The van der Waals surface area contributed by atoms with Gasteiger partial charge in [-0.1, -0.05) is 12.6 Å². The van der Waals surface area contributed by atoms with E-state index in [1.54, 1.807) is 24.2 Å². The Bertz CT molecular complexity index is 1840. The van der Waals surface area contributed by atoms with Crippen molar-refractivity contribution in [3.63, 3.8) is 0 Å². The molecule has 1 aromatic carbocycles. The van der Waals surface area contributed by atoms with Crippen LogP contribution in [0.2, 0.25) is 0 Å². The third-order valence-corrected chi connectivity index (χ3v) is 9.27. The molecule has 286 valence electrons. The lowest BCUT2D eigenvalue weighted by Crippen LogP contribution is -2.61. The number of carbonyl (C=O) groups excluding carboxylic acids is 3. The van der Waals surface area contributed by atoms with Gasteiger partial charge in [-0.25, -0.2) is 24.4 Å². The molecule has 19 nitrogen and oxygen atoms in total. The fraction of sp³-hybridized carbons (Fsp3) is 0.471. The number of nitrogens with two attached hydrogens (primary N) is 1. The number of piperidine rings is 1. The number of aliphatic hydroxyl groups excluding tert-OH is 3. The standard InChI is InChI=1S/C34H44N8O11/c1-5-24(43)42-15-20(8-6-18(42)2)38-29-21-10-11-41(30(21)37-17-36-29)33(49)39(3)12-13-40(4)34(50)51-16-19-7-9-23(22(35)14-19)52-32-27(46)25(44)26(45)28(53-32)31(47)48/h5,7,9-11,14,17-18,20,25-28,32,44-46H,1,6,8,12-13,15-16,35H2,2-4H3,(H,47,48)(H,36,37,38)/t18-,20+,25-,26-,27+,28-,32+/m0/s1. The molecule has 4 heterocycles. The molecule has 2 saturated heterocycles. The molecule has 2 aromatic heterocycles. The maximum absolute atomic E-state index is 13.4. The molecule has 7 atom stereocenters. The van der Waals surface area contributed by atoms with Crippen molar-refractivity contribution in [1.82, 2.24) is 29.2 Å². The Hall–Kier alpha value is -5.50. The van der Waals surface area contributed by atoms with Gasteiger partial charge in [0.2, 0.25) is 12.2 Å². The number of likely N-dealkylation sites (tertiary alicyclic amines) is 1. The lowest BCUT2D eigenvalue weighted by Gasteiger charge is -2.38. The second kappa shape index (κ2) is 16.4. The number of hydrogen-bond acceptors (Lipinski definition) is 14. The number of anilines is 2. The van der Waals surface area contributed by atoms with Gasteiger partial charge in [-0.3, -0.25) is 9.36 Å². The van der Waals surface area contributed by atoms with Crippen LogP contribution in [0.15, 0.2) is 49.4 Å². The van der Waals surface area contributed by atoms with E-state index in [0.29, 0.717) is 29.0 Å². The average molecular weight is 741 g/mol. The summed E-state index contributed by atoms with van der Waals surface area (Å²) in [7, 11) is 3.11. The van der Waals surface area contributed by atoms with Crippen LogP contribution in [-0.2, 0) is 25.7 Å². The molecule has 0 bridgehead atoms. The zero-order valence-corrected chi connectivity index (χ0v) is 29.4. The van der Waals surface area contributed by atoms with Crippen LogP contribution in [0, 0.1) is 0 Å². The van der Waals surface area contributed by atoms with E-state index in [9.17, 15) is 39.6 Å². The number of nitrogen functional groups attached to an aromatic ring is 1. The van der Waals surface area contributed by atoms with E-state index in [2.05, 4.69) is 21.9 Å². The molecule has 0 radical (unpaired) electrons. The molecule has 7 N–H and O–H groups in total. The van der Waals surface area contributed by atoms with Crippen molar-refractivity contribution in [1.29, 1.82) is 0 Å². The highest BCUT2D eigenvalue weighted by atomic mass is 16.7. The van der Waals surface area contributed by atoms with Crippen LogP contribution in [0.5, 0.6) is 5.75 Å². The summed E-state index contributed by atoms with van der Waals surface area (Å²) in [5.41, 5.74) is 6.97. The van der Waals surface area contributed by atoms with Crippen molar-refractivity contribution in [2.24, 2.45) is 0 Å². The minimum atomic E-state index is -1.87. The van der Waals surface area contributed by atoms with Crippen LogP contribution < -0.4 is 15.8 Å². The fourth-order valence-corrected chi connectivity index (χ4v) is 6.06. The highest BCUT2D eigenvalue weighted by Gasteiger charge is 2.48. The van der Waals surface area contributed by atoms with Gasteiger partial charge in [-0.05, 0) is 49.6 Å². The first-order valence-electron chi connectivity index (χ1n) is 16.8. The zero-order chi connectivity index (χ0) is 38.6. The van der Waals surface area contributed by atoms with Crippen molar-refractivity contribution >= 4 is 46.5 Å². The summed E-state index contributed by atoms with van der Waals surface area (Å²) in [5, 5.41) is 43.4. The van der Waals surface area contributed by atoms with Crippen LogP contribution in [0.4, 0.5) is 21.1 Å². The number of fused-ring (bicyclic) bond motifs is 1. The van der Waals surface area contributed by atoms with Crippen LogP contribution >= 0.6 is 0 Å². The van der Waals surface area contributed by atoms with Crippen molar-refractivity contribution in [3.05, 3.63) is 55.0 Å². The van der Waals surface area contributed by atoms with Gasteiger partial charge in [-0.2, -0.15) is 0 Å². The van der Waals surface area contributed by atoms with E-state index in [1.807, 2.05) is 6.92 Å². The van der Waals surface area contributed by atoms with Gasteiger partial charge in [0.25, 0.3) is 0 Å². The number of amides is 3. The number of carboxylic acid groups (broad SMARTS) is 1. The first-order chi connectivity index (χ1) is 25.2.